The first-order chi connectivity index (χ1) is 3.66. The van der Waals surface area contributed by atoms with Gasteiger partial charge in [-0.3, -0.25) is 0 Å². The van der Waals surface area contributed by atoms with Gasteiger partial charge in [0.15, 0.2) is 0 Å². The Morgan fingerprint density at radius 3 is 2.50 bits per heavy atom. The number of aliphatic imine (C=N–C) groups is 1. The Morgan fingerprint density at radius 1 is 1.88 bits per heavy atom. The maximum Gasteiger partial charge on any atom is 0.283 e. The summed E-state index contributed by atoms with van der Waals surface area (Å²) in [6, 6.07) is 0. The van der Waals surface area contributed by atoms with E-state index in [0.717, 1.165) is 0 Å². The van der Waals surface area contributed by atoms with Gasteiger partial charge in [0.25, 0.3) is 5.36 Å². The highest BCUT2D eigenvalue weighted by molar-refractivity contribution is 9.09. The van der Waals surface area contributed by atoms with Gasteiger partial charge in [0.05, 0.1) is 7.11 Å². The first kappa shape index (κ1) is 8.24. The van der Waals surface area contributed by atoms with Gasteiger partial charge in [-0.1, -0.05) is 15.9 Å². The number of alkyl halides is 1. The lowest BCUT2D eigenvalue weighted by Gasteiger charge is -1.95. The van der Waals surface area contributed by atoms with Crippen LogP contribution in [0.5, 0.6) is 0 Å². The molecule has 0 aliphatic rings. The Kier molecular flexibility index (Phi) is 4.28. The van der Waals surface area contributed by atoms with E-state index in [-0.39, 0.29) is 10.3 Å². The third kappa shape index (κ3) is 4.40. The van der Waals surface area contributed by atoms with Gasteiger partial charge >= 0.3 is 0 Å². The molecule has 0 fully saturated rings. The van der Waals surface area contributed by atoms with Crippen LogP contribution in [-0.2, 0) is 4.74 Å². The van der Waals surface area contributed by atoms with E-state index in [1.54, 1.807) is 0 Å². The number of nitrogens with zero attached hydrogens (tertiary/aromatic N) is 1. The number of hydrogen-bond donors (Lipinski definition) is 0. The maximum atomic E-state index is 5.36. The number of rotatable bonds is 1. The van der Waals surface area contributed by atoms with Crippen LogP contribution in [0.25, 0.3) is 0 Å². The van der Waals surface area contributed by atoms with E-state index in [9.17, 15) is 0 Å². The van der Waals surface area contributed by atoms with Crippen molar-refractivity contribution < 1.29 is 4.74 Å². The molecule has 0 aliphatic carbocycles. The summed E-state index contributed by atoms with van der Waals surface area (Å²) in [4.78, 5) is 3.80. The largest absolute Gasteiger partial charge is 0.473 e. The Bertz CT molecular complexity index is 94.0. The minimum Gasteiger partial charge on any atom is -0.473 e. The zero-order valence-corrected chi connectivity index (χ0v) is 7.03. The van der Waals surface area contributed by atoms with Gasteiger partial charge in [-0.25, -0.2) is 4.99 Å². The number of ether oxygens (including phenoxy) is 1. The lowest BCUT2D eigenvalue weighted by Crippen LogP contribution is -1.93. The van der Waals surface area contributed by atoms with Crippen LogP contribution in [0, 0.1) is 0 Å². The fourth-order valence-corrected chi connectivity index (χ4v) is 0.643. The lowest BCUT2D eigenvalue weighted by molar-refractivity contribution is 0.412. The summed E-state index contributed by atoms with van der Waals surface area (Å²) in [5.74, 6) is 0. The van der Waals surface area contributed by atoms with E-state index in [1.165, 1.54) is 7.11 Å². The van der Waals surface area contributed by atoms with Crippen molar-refractivity contribution in [3.8, 4) is 0 Å². The molecule has 0 radical (unpaired) electrons. The Balaban J connectivity index is 3.56. The van der Waals surface area contributed by atoms with Crippen molar-refractivity contribution in [1.82, 2.24) is 0 Å². The van der Waals surface area contributed by atoms with Crippen molar-refractivity contribution in [2.24, 2.45) is 4.99 Å². The smallest absolute Gasteiger partial charge is 0.283 e. The van der Waals surface area contributed by atoms with E-state index in [1.807, 2.05) is 6.92 Å². The van der Waals surface area contributed by atoms with Gasteiger partial charge in [-0.2, -0.15) is 0 Å². The highest BCUT2D eigenvalue weighted by Crippen LogP contribution is 2.00. The number of methoxy groups -OCH3 is 1. The molecular formula is C4H7BrClNO. The van der Waals surface area contributed by atoms with Crippen LogP contribution in [0.3, 0.4) is 0 Å². The summed E-state index contributed by atoms with van der Waals surface area (Å²) < 4.78 is 4.55. The average molecular weight is 200 g/mol. The van der Waals surface area contributed by atoms with Crippen molar-refractivity contribution in [3.05, 3.63) is 0 Å². The summed E-state index contributed by atoms with van der Waals surface area (Å²) in [7, 11) is 1.47. The molecule has 0 bridgehead atoms. The average Bonchev–Trinajstić information content (AvgIpc) is 1.65. The second kappa shape index (κ2) is 4.15. The predicted octanol–water partition coefficient (Wildman–Crippen LogP) is 1.97. The molecule has 0 aliphatic heterocycles. The van der Waals surface area contributed by atoms with Crippen LogP contribution in [0.4, 0.5) is 0 Å². The molecule has 0 rings (SSSR count). The van der Waals surface area contributed by atoms with Gasteiger partial charge in [0.1, 0.15) is 4.95 Å². The fourth-order valence-electron chi connectivity index (χ4n) is 0.193. The molecule has 1 unspecified atom stereocenters. The monoisotopic (exact) mass is 199 g/mol. The maximum absolute atomic E-state index is 5.36. The molecule has 48 valence electrons. The molecule has 0 N–H and O–H groups in total. The molecule has 8 heavy (non-hydrogen) atoms. The van der Waals surface area contributed by atoms with Crippen LogP contribution in [0.1, 0.15) is 6.92 Å². The highest BCUT2D eigenvalue weighted by Gasteiger charge is 1.92. The quantitative estimate of drug-likeness (QED) is 0.274. The summed E-state index contributed by atoms with van der Waals surface area (Å²) in [5.41, 5.74) is 0. The summed E-state index contributed by atoms with van der Waals surface area (Å²) >= 11 is 8.52. The normalized spacial score (nSPS) is 15.8. The van der Waals surface area contributed by atoms with Crippen LogP contribution in [-0.4, -0.2) is 17.4 Å². The molecule has 2 nitrogen and oxygen atoms in total. The lowest BCUT2D eigenvalue weighted by atomic mass is 10.8. The zero-order valence-electron chi connectivity index (χ0n) is 4.69. The van der Waals surface area contributed by atoms with E-state index in [2.05, 4.69) is 25.7 Å². The van der Waals surface area contributed by atoms with Crippen molar-refractivity contribution >= 4 is 32.9 Å². The molecule has 0 heterocycles. The fraction of sp³-hybridized carbons (Fsp3) is 0.750. The minimum atomic E-state index is 0.0231. The molecule has 0 saturated carbocycles. The van der Waals surface area contributed by atoms with Crippen molar-refractivity contribution in [2.75, 3.05) is 7.11 Å². The minimum absolute atomic E-state index is 0.0231. The molecule has 0 aromatic rings. The van der Waals surface area contributed by atoms with E-state index >= 15 is 0 Å². The molecule has 0 saturated heterocycles. The Labute approximate surface area is 62.0 Å². The second-order valence-corrected chi connectivity index (χ2v) is 2.81. The molecule has 4 heteroatoms. The van der Waals surface area contributed by atoms with E-state index in [4.69, 9.17) is 11.6 Å². The first-order valence-corrected chi connectivity index (χ1v) is 3.37. The molecule has 1 atom stereocenters. The predicted molar refractivity (Wildman–Crippen MR) is 38.7 cm³/mol. The summed E-state index contributed by atoms with van der Waals surface area (Å²) in [5, 5.41) is 0.175. The molecule has 0 aromatic carbocycles. The van der Waals surface area contributed by atoms with Gasteiger partial charge in [0, 0.05) is 0 Å². The molecular weight excluding hydrogens is 193 g/mol. The van der Waals surface area contributed by atoms with Gasteiger partial charge in [0.2, 0.25) is 0 Å². The van der Waals surface area contributed by atoms with Crippen molar-refractivity contribution in [3.63, 3.8) is 0 Å². The Hall–Kier alpha value is 0.240. The van der Waals surface area contributed by atoms with E-state index < -0.39 is 0 Å². The third-order valence-electron chi connectivity index (χ3n) is 0.448. The van der Waals surface area contributed by atoms with Crippen LogP contribution in [0.2, 0.25) is 0 Å². The van der Waals surface area contributed by atoms with Crippen LogP contribution >= 0.6 is 27.5 Å². The topological polar surface area (TPSA) is 21.6 Å². The van der Waals surface area contributed by atoms with E-state index in [0.29, 0.717) is 0 Å². The molecule has 0 aromatic heterocycles. The Morgan fingerprint density at radius 2 is 2.38 bits per heavy atom. The summed E-state index contributed by atoms with van der Waals surface area (Å²) in [6.07, 6.45) is 0. The standard InChI is InChI=1S/C4H7BrClNO/c1-3(5)7-4(6)8-2/h3H,1-2H3. The van der Waals surface area contributed by atoms with Crippen LogP contribution in [0.15, 0.2) is 4.99 Å². The van der Waals surface area contributed by atoms with Gasteiger partial charge < -0.3 is 4.74 Å². The molecule has 0 amide bonds. The zero-order chi connectivity index (χ0) is 6.57. The van der Waals surface area contributed by atoms with Gasteiger partial charge in [-0.05, 0) is 18.5 Å². The number of hydrogen-bond acceptors (Lipinski definition) is 2. The number of halogens is 2. The molecule has 0 spiro atoms. The van der Waals surface area contributed by atoms with Crippen LogP contribution < -0.4 is 0 Å². The third-order valence-corrected chi connectivity index (χ3v) is 0.904. The SMILES string of the molecule is COC(Cl)=NC(C)Br. The van der Waals surface area contributed by atoms with Gasteiger partial charge in [-0.15, -0.1) is 0 Å². The second-order valence-electron chi connectivity index (χ2n) is 1.16. The van der Waals surface area contributed by atoms with Crippen molar-refractivity contribution in [2.45, 2.75) is 11.9 Å². The highest BCUT2D eigenvalue weighted by atomic mass is 79.9. The first-order valence-electron chi connectivity index (χ1n) is 2.08. The summed E-state index contributed by atoms with van der Waals surface area (Å²) in [6.45, 7) is 1.85. The van der Waals surface area contributed by atoms with Crippen molar-refractivity contribution in [1.29, 1.82) is 0 Å².